The zero-order chi connectivity index (χ0) is 13.7. The topological polar surface area (TPSA) is 32.3 Å². The van der Waals surface area contributed by atoms with Crippen LogP contribution in [0.5, 0.6) is 0 Å². The molecule has 2 aromatic carbocycles. The van der Waals surface area contributed by atoms with Gasteiger partial charge in [0.05, 0.1) is 12.6 Å². The molecule has 100 valence electrons. The molecular weight excluding hydrogens is 248 g/mol. The minimum Gasteiger partial charge on any atom is -0.394 e. The normalized spacial score (nSPS) is 12.4. The highest BCUT2D eigenvalue weighted by atomic mass is 19.1. The Hall–Kier alpha value is -1.78. The molecule has 0 heterocycles. The minimum absolute atomic E-state index is 0.0815. The number of hydrogen-bond donors (Lipinski definition) is 2. The monoisotopic (exact) mass is 263 g/mol. The SMILES string of the molecule is OC[C@@H](NCc1cc(F)cc(F)c1)c1ccccc1. The molecule has 0 aliphatic carbocycles. The summed E-state index contributed by atoms with van der Waals surface area (Å²) in [6, 6.07) is 12.5. The minimum atomic E-state index is -0.600. The maximum Gasteiger partial charge on any atom is 0.126 e. The van der Waals surface area contributed by atoms with Crippen molar-refractivity contribution in [2.45, 2.75) is 12.6 Å². The number of aliphatic hydroxyl groups excluding tert-OH is 1. The van der Waals surface area contributed by atoms with Gasteiger partial charge in [-0.1, -0.05) is 30.3 Å². The predicted octanol–water partition coefficient (Wildman–Crippen LogP) is 2.79. The van der Waals surface area contributed by atoms with E-state index < -0.39 is 11.6 Å². The van der Waals surface area contributed by atoms with Crippen molar-refractivity contribution in [3.63, 3.8) is 0 Å². The van der Waals surface area contributed by atoms with Crippen LogP contribution in [-0.2, 0) is 6.54 Å². The quantitative estimate of drug-likeness (QED) is 0.869. The van der Waals surface area contributed by atoms with E-state index in [0.29, 0.717) is 5.56 Å². The highest BCUT2D eigenvalue weighted by Crippen LogP contribution is 2.14. The number of rotatable bonds is 5. The zero-order valence-electron chi connectivity index (χ0n) is 10.3. The van der Waals surface area contributed by atoms with Crippen LogP contribution in [0, 0.1) is 11.6 Å². The summed E-state index contributed by atoms with van der Waals surface area (Å²) < 4.78 is 26.1. The smallest absolute Gasteiger partial charge is 0.126 e. The standard InChI is InChI=1S/C15H15F2NO/c16-13-6-11(7-14(17)8-13)9-18-15(10-19)12-4-2-1-3-5-12/h1-8,15,18-19H,9-10H2/t15-/m1/s1. The van der Waals surface area contributed by atoms with Crippen LogP contribution in [0.15, 0.2) is 48.5 Å². The average molecular weight is 263 g/mol. The first-order chi connectivity index (χ1) is 9.19. The molecule has 0 fully saturated rings. The molecule has 2 N–H and O–H groups in total. The van der Waals surface area contributed by atoms with Gasteiger partial charge in [0.15, 0.2) is 0 Å². The molecule has 4 heteroatoms. The fraction of sp³-hybridized carbons (Fsp3) is 0.200. The fourth-order valence-electron chi connectivity index (χ4n) is 1.93. The summed E-state index contributed by atoms with van der Waals surface area (Å²) >= 11 is 0. The molecule has 0 amide bonds. The third-order valence-corrected chi connectivity index (χ3v) is 2.86. The molecule has 1 atom stereocenters. The lowest BCUT2D eigenvalue weighted by atomic mass is 10.1. The van der Waals surface area contributed by atoms with E-state index in [2.05, 4.69) is 5.32 Å². The number of nitrogens with one attached hydrogen (secondary N) is 1. The van der Waals surface area contributed by atoms with Gasteiger partial charge in [-0.2, -0.15) is 0 Å². The van der Waals surface area contributed by atoms with Gasteiger partial charge >= 0.3 is 0 Å². The lowest BCUT2D eigenvalue weighted by Gasteiger charge is -2.16. The Morgan fingerprint density at radius 3 is 2.21 bits per heavy atom. The zero-order valence-corrected chi connectivity index (χ0v) is 10.3. The third-order valence-electron chi connectivity index (χ3n) is 2.86. The summed E-state index contributed by atoms with van der Waals surface area (Å²) in [7, 11) is 0. The van der Waals surface area contributed by atoms with E-state index in [4.69, 9.17) is 0 Å². The highest BCUT2D eigenvalue weighted by molar-refractivity contribution is 5.21. The Morgan fingerprint density at radius 1 is 1.00 bits per heavy atom. The van der Waals surface area contributed by atoms with Gasteiger partial charge in [-0.15, -0.1) is 0 Å². The molecule has 2 aromatic rings. The molecule has 0 aliphatic heterocycles. The Bertz CT molecular complexity index is 511. The van der Waals surface area contributed by atoms with Crippen molar-refractivity contribution in [1.29, 1.82) is 0 Å². The maximum atomic E-state index is 13.0. The highest BCUT2D eigenvalue weighted by Gasteiger charge is 2.09. The van der Waals surface area contributed by atoms with Gasteiger partial charge in [0.1, 0.15) is 11.6 Å². The van der Waals surface area contributed by atoms with Gasteiger partial charge in [-0.25, -0.2) is 8.78 Å². The summed E-state index contributed by atoms with van der Waals surface area (Å²) in [5, 5.41) is 12.4. The number of aliphatic hydroxyl groups is 1. The lowest BCUT2D eigenvalue weighted by molar-refractivity contribution is 0.243. The molecule has 0 saturated heterocycles. The van der Waals surface area contributed by atoms with Gasteiger partial charge in [-0.3, -0.25) is 0 Å². The molecule has 2 nitrogen and oxygen atoms in total. The van der Waals surface area contributed by atoms with Crippen molar-refractivity contribution in [2.75, 3.05) is 6.61 Å². The largest absolute Gasteiger partial charge is 0.394 e. The van der Waals surface area contributed by atoms with E-state index in [1.807, 2.05) is 30.3 Å². The summed E-state index contributed by atoms with van der Waals surface area (Å²) in [5.74, 6) is -1.20. The average Bonchev–Trinajstić information content (AvgIpc) is 2.39. The Morgan fingerprint density at radius 2 is 1.63 bits per heavy atom. The van der Waals surface area contributed by atoms with E-state index in [1.54, 1.807) is 0 Å². The van der Waals surface area contributed by atoms with Crippen molar-refractivity contribution in [3.05, 3.63) is 71.3 Å². The molecule has 0 bridgehead atoms. The summed E-state index contributed by atoms with van der Waals surface area (Å²) in [6.45, 7) is 0.205. The van der Waals surface area contributed by atoms with Gasteiger partial charge in [0.25, 0.3) is 0 Å². The van der Waals surface area contributed by atoms with Crippen molar-refractivity contribution >= 4 is 0 Å². The Kier molecular flexibility index (Phi) is 4.60. The molecule has 0 spiro atoms. The molecule has 0 unspecified atom stereocenters. The Labute approximate surface area is 110 Å². The van der Waals surface area contributed by atoms with Crippen LogP contribution in [0.2, 0.25) is 0 Å². The van der Waals surface area contributed by atoms with E-state index in [1.165, 1.54) is 12.1 Å². The van der Waals surface area contributed by atoms with Crippen LogP contribution in [-0.4, -0.2) is 11.7 Å². The second-order valence-corrected chi connectivity index (χ2v) is 4.30. The predicted molar refractivity (Wildman–Crippen MR) is 69.5 cm³/mol. The molecule has 0 aliphatic rings. The fourth-order valence-corrected chi connectivity index (χ4v) is 1.93. The maximum absolute atomic E-state index is 13.0. The molecular formula is C15H15F2NO. The summed E-state index contributed by atoms with van der Waals surface area (Å²) in [5.41, 5.74) is 1.44. The van der Waals surface area contributed by atoms with Gasteiger partial charge in [0, 0.05) is 12.6 Å². The first-order valence-corrected chi connectivity index (χ1v) is 6.03. The molecule has 0 saturated carbocycles. The van der Waals surface area contributed by atoms with E-state index in [9.17, 15) is 13.9 Å². The van der Waals surface area contributed by atoms with Crippen LogP contribution in [0.25, 0.3) is 0 Å². The second kappa shape index (κ2) is 6.41. The van der Waals surface area contributed by atoms with Crippen LogP contribution >= 0.6 is 0 Å². The number of halogens is 2. The van der Waals surface area contributed by atoms with E-state index in [0.717, 1.165) is 11.6 Å². The van der Waals surface area contributed by atoms with Crippen LogP contribution in [0.4, 0.5) is 8.78 Å². The molecule has 19 heavy (non-hydrogen) atoms. The Balaban J connectivity index is 2.04. The van der Waals surface area contributed by atoms with Gasteiger partial charge in [0.2, 0.25) is 0 Å². The molecule has 0 radical (unpaired) electrons. The van der Waals surface area contributed by atoms with E-state index in [-0.39, 0.29) is 19.2 Å². The first-order valence-electron chi connectivity index (χ1n) is 6.03. The van der Waals surface area contributed by atoms with Gasteiger partial charge in [-0.05, 0) is 23.3 Å². The lowest BCUT2D eigenvalue weighted by Crippen LogP contribution is -2.24. The van der Waals surface area contributed by atoms with Crippen molar-refractivity contribution in [3.8, 4) is 0 Å². The summed E-state index contributed by atoms with van der Waals surface area (Å²) in [6.07, 6.45) is 0. The molecule has 2 rings (SSSR count). The van der Waals surface area contributed by atoms with E-state index >= 15 is 0 Å². The van der Waals surface area contributed by atoms with Gasteiger partial charge < -0.3 is 10.4 Å². The number of benzene rings is 2. The molecule has 0 aromatic heterocycles. The summed E-state index contributed by atoms with van der Waals surface area (Å²) in [4.78, 5) is 0. The van der Waals surface area contributed by atoms with Crippen LogP contribution in [0.3, 0.4) is 0 Å². The van der Waals surface area contributed by atoms with Crippen molar-refractivity contribution < 1.29 is 13.9 Å². The first kappa shape index (κ1) is 13.6. The number of hydrogen-bond acceptors (Lipinski definition) is 2. The van der Waals surface area contributed by atoms with Crippen LogP contribution < -0.4 is 5.32 Å². The third kappa shape index (κ3) is 3.84. The second-order valence-electron chi connectivity index (χ2n) is 4.30. The van der Waals surface area contributed by atoms with Crippen molar-refractivity contribution in [2.24, 2.45) is 0 Å². The van der Waals surface area contributed by atoms with Crippen molar-refractivity contribution in [1.82, 2.24) is 5.32 Å². The van der Waals surface area contributed by atoms with Crippen LogP contribution in [0.1, 0.15) is 17.2 Å².